The van der Waals surface area contributed by atoms with Crippen LogP contribution in [0.25, 0.3) is 87.6 Å². The van der Waals surface area contributed by atoms with Gasteiger partial charge in [0, 0.05) is 32.0 Å². The maximum absolute atomic E-state index is 5.89. The molecule has 0 bridgehead atoms. The molecule has 0 radical (unpaired) electrons. The summed E-state index contributed by atoms with van der Waals surface area (Å²) in [6, 6.07) is 54.6. The largest absolute Gasteiger partial charge is 0.355 e. The molecule has 3 heterocycles. The highest BCUT2D eigenvalue weighted by atomic mass is 32.1. The van der Waals surface area contributed by atoms with E-state index in [-0.39, 0.29) is 0 Å². The first-order valence-corrected chi connectivity index (χ1v) is 16.3. The SMILES string of the molecule is c1ccc(-c2c(-c3ccc4noc(-c5ccccc5)c4c3)sc(-c3ccc4noc(-c5ccccc5)c4c3)c2-c2ccccc2)cc1. The van der Waals surface area contributed by atoms with Crippen LogP contribution in [-0.2, 0) is 0 Å². The van der Waals surface area contributed by atoms with E-state index in [1.54, 1.807) is 11.3 Å². The zero-order valence-corrected chi connectivity index (χ0v) is 25.9. The smallest absolute Gasteiger partial charge is 0.174 e. The Kier molecular flexibility index (Phi) is 6.61. The van der Waals surface area contributed by atoms with Gasteiger partial charge in [0.25, 0.3) is 0 Å². The Bertz CT molecular complexity index is 2320. The zero-order chi connectivity index (χ0) is 31.2. The van der Waals surface area contributed by atoms with E-state index < -0.39 is 0 Å². The van der Waals surface area contributed by atoms with Crippen LogP contribution in [0, 0.1) is 0 Å². The van der Waals surface area contributed by atoms with Crippen LogP contribution >= 0.6 is 11.3 Å². The second-order valence-electron chi connectivity index (χ2n) is 11.5. The minimum Gasteiger partial charge on any atom is -0.355 e. The average Bonchev–Trinajstić information content (AvgIpc) is 3.88. The average molecular weight is 623 g/mol. The molecule has 0 aliphatic rings. The number of nitrogens with zero attached hydrogens (tertiary/aromatic N) is 2. The summed E-state index contributed by atoms with van der Waals surface area (Å²) in [5, 5.41) is 10.8. The first kappa shape index (κ1) is 27.3. The number of hydrogen-bond acceptors (Lipinski definition) is 5. The van der Waals surface area contributed by atoms with Crippen LogP contribution in [0.15, 0.2) is 167 Å². The Labute approximate surface area is 275 Å². The van der Waals surface area contributed by atoms with Gasteiger partial charge in [-0.15, -0.1) is 11.3 Å². The monoisotopic (exact) mass is 622 g/mol. The van der Waals surface area contributed by atoms with Crippen LogP contribution in [0.4, 0.5) is 0 Å². The molecule has 0 fully saturated rings. The van der Waals surface area contributed by atoms with Crippen molar-refractivity contribution in [1.29, 1.82) is 0 Å². The van der Waals surface area contributed by atoms with E-state index in [9.17, 15) is 0 Å². The predicted octanol–water partition coefficient (Wildman–Crippen LogP) is 12.0. The van der Waals surface area contributed by atoms with Crippen molar-refractivity contribution in [3.63, 3.8) is 0 Å². The normalized spacial score (nSPS) is 11.4. The van der Waals surface area contributed by atoms with Crippen molar-refractivity contribution in [1.82, 2.24) is 10.3 Å². The van der Waals surface area contributed by atoms with Crippen molar-refractivity contribution in [2.75, 3.05) is 0 Å². The highest BCUT2D eigenvalue weighted by Gasteiger charge is 2.25. The number of thiophene rings is 1. The second-order valence-corrected chi connectivity index (χ2v) is 12.5. The van der Waals surface area contributed by atoms with Crippen molar-refractivity contribution in [2.45, 2.75) is 0 Å². The quantitative estimate of drug-likeness (QED) is 0.185. The number of hydrogen-bond donors (Lipinski definition) is 0. The lowest BCUT2D eigenvalue weighted by Gasteiger charge is -2.11. The molecule has 0 amide bonds. The maximum Gasteiger partial charge on any atom is 0.174 e. The zero-order valence-electron chi connectivity index (χ0n) is 25.1. The Balaban J connectivity index is 1.32. The lowest BCUT2D eigenvalue weighted by atomic mass is 9.91. The van der Waals surface area contributed by atoms with Crippen LogP contribution in [0.5, 0.6) is 0 Å². The molecule has 0 spiro atoms. The van der Waals surface area contributed by atoms with E-state index in [4.69, 9.17) is 9.05 Å². The van der Waals surface area contributed by atoms with Gasteiger partial charge in [0.2, 0.25) is 0 Å². The summed E-state index contributed by atoms with van der Waals surface area (Å²) in [5.74, 6) is 1.55. The fraction of sp³-hybridized carbons (Fsp3) is 0. The van der Waals surface area contributed by atoms with Gasteiger partial charge in [0.05, 0.1) is 10.8 Å². The highest BCUT2D eigenvalue weighted by molar-refractivity contribution is 7.20. The van der Waals surface area contributed by atoms with Crippen LogP contribution in [0.3, 0.4) is 0 Å². The molecule has 9 aromatic rings. The summed E-state index contributed by atoms with van der Waals surface area (Å²) in [5.41, 5.74) is 10.6. The molecule has 222 valence electrons. The molecule has 4 nitrogen and oxygen atoms in total. The molecule has 0 aliphatic heterocycles. The standard InChI is InChI=1S/C42H26N2O2S/c1-5-13-27(14-6-1)37-38(28-15-7-2-8-16-28)42(32-22-24-36-34(26-32)40(46-44-36)30-19-11-4-12-20-30)47-41(37)31-21-23-35-33(25-31)39(45-43-35)29-17-9-3-10-18-29/h1-26H. The molecule has 5 heteroatoms. The van der Waals surface area contributed by atoms with Gasteiger partial charge in [-0.05, 0) is 46.5 Å². The molecule has 0 saturated carbocycles. The first-order valence-electron chi connectivity index (χ1n) is 15.5. The fourth-order valence-electron chi connectivity index (χ4n) is 6.36. The van der Waals surface area contributed by atoms with Gasteiger partial charge in [-0.1, -0.05) is 144 Å². The third-order valence-electron chi connectivity index (χ3n) is 8.58. The molecule has 0 saturated heterocycles. The lowest BCUT2D eigenvalue weighted by Crippen LogP contribution is -1.86. The summed E-state index contributed by atoms with van der Waals surface area (Å²) in [6.07, 6.45) is 0. The molecular formula is C42H26N2O2S. The maximum atomic E-state index is 5.89. The molecule has 9 rings (SSSR count). The molecule has 6 aromatic carbocycles. The van der Waals surface area contributed by atoms with Gasteiger partial charge < -0.3 is 9.05 Å². The topological polar surface area (TPSA) is 52.1 Å². The molecule has 0 N–H and O–H groups in total. The summed E-state index contributed by atoms with van der Waals surface area (Å²) in [6.45, 7) is 0. The minimum absolute atomic E-state index is 0.773. The van der Waals surface area contributed by atoms with E-state index >= 15 is 0 Å². The first-order chi connectivity index (χ1) is 23.3. The van der Waals surface area contributed by atoms with Crippen molar-refractivity contribution in [3.05, 3.63) is 158 Å². The molecule has 3 aromatic heterocycles. The van der Waals surface area contributed by atoms with Crippen LogP contribution in [0.2, 0.25) is 0 Å². The minimum atomic E-state index is 0.773. The van der Waals surface area contributed by atoms with E-state index in [0.717, 1.165) is 66.7 Å². The van der Waals surface area contributed by atoms with Gasteiger partial charge in [-0.25, -0.2) is 0 Å². The molecular weight excluding hydrogens is 597 g/mol. The van der Waals surface area contributed by atoms with Crippen LogP contribution in [0.1, 0.15) is 0 Å². The summed E-state index contributed by atoms with van der Waals surface area (Å²) in [7, 11) is 0. The van der Waals surface area contributed by atoms with E-state index in [1.165, 1.54) is 20.9 Å². The van der Waals surface area contributed by atoms with Gasteiger partial charge in [-0.3, -0.25) is 0 Å². The lowest BCUT2D eigenvalue weighted by molar-refractivity contribution is 0.441. The Morgan fingerprint density at radius 2 is 0.723 bits per heavy atom. The van der Waals surface area contributed by atoms with Crippen molar-refractivity contribution < 1.29 is 9.05 Å². The van der Waals surface area contributed by atoms with Crippen molar-refractivity contribution in [3.8, 4) is 65.8 Å². The van der Waals surface area contributed by atoms with Gasteiger partial charge in [-0.2, -0.15) is 0 Å². The summed E-state index contributed by atoms with van der Waals surface area (Å²) in [4.78, 5) is 2.36. The van der Waals surface area contributed by atoms with Gasteiger partial charge in [0.1, 0.15) is 11.0 Å². The second kappa shape index (κ2) is 11.4. The number of aromatic nitrogens is 2. The molecule has 0 unspecified atom stereocenters. The number of benzene rings is 6. The Morgan fingerprint density at radius 1 is 0.362 bits per heavy atom. The summed E-state index contributed by atoms with van der Waals surface area (Å²) >= 11 is 1.81. The highest BCUT2D eigenvalue weighted by Crippen LogP contribution is 2.53. The van der Waals surface area contributed by atoms with E-state index in [2.05, 4.69) is 132 Å². The summed E-state index contributed by atoms with van der Waals surface area (Å²) < 4.78 is 11.8. The van der Waals surface area contributed by atoms with E-state index in [0.29, 0.717) is 0 Å². The van der Waals surface area contributed by atoms with Gasteiger partial charge in [0.15, 0.2) is 11.5 Å². The molecule has 47 heavy (non-hydrogen) atoms. The number of rotatable bonds is 6. The van der Waals surface area contributed by atoms with Gasteiger partial charge >= 0.3 is 0 Å². The van der Waals surface area contributed by atoms with Crippen molar-refractivity contribution in [2.24, 2.45) is 0 Å². The van der Waals surface area contributed by atoms with Crippen molar-refractivity contribution >= 4 is 33.1 Å². The predicted molar refractivity (Wildman–Crippen MR) is 192 cm³/mol. The van der Waals surface area contributed by atoms with Crippen LogP contribution in [-0.4, -0.2) is 10.3 Å². The van der Waals surface area contributed by atoms with Crippen LogP contribution < -0.4 is 0 Å². The molecule has 0 atom stereocenters. The molecule has 0 aliphatic carbocycles. The fourth-order valence-corrected chi connectivity index (χ4v) is 7.70. The third-order valence-corrected chi connectivity index (χ3v) is 9.87. The number of fused-ring (bicyclic) bond motifs is 2. The Morgan fingerprint density at radius 3 is 1.11 bits per heavy atom. The third kappa shape index (κ3) is 4.76. The van der Waals surface area contributed by atoms with E-state index in [1.807, 2.05) is 36.4 Å². The Hall–Kier alpha value is -6.04.